The van der Waals surface area contributed by atoms with Crippen molar-refractivity contribution in [2.24, 2.45) is 0 Å². The van der Waals surface area contributed by atoms with Gasteiger partial charge in [-0.3, -0.25) is 4.98 Å². The third kappa shape index (κ3) is 4.15. The molecule has 0 aliphatic carbocycles. The fraction of sp³-hybridized carbons (Fsp3) is 0.312. The molecule has 19 heavy (non-hydrogen) atoms. The van der Waals surface area contributed by atoms with Crippen molar-refractivity contribution in [1.29, 1.82) is 0 Å². The number of likely N-dealkylation sites (N-methyl/N-ethyl adjacent to an activating group) is 1. The van der Waals surface area contributed by atoms with Crippen LogP contribution in [0.5, 0.6) is 0 Å². The number of hydrogen-bond acceptors (Lipinski definition) is 2. The highest BCUT2D eigenvalue weighted by Crippen LogP contribution is 2.20. The number of aromatic nitrogens is 1. The van der Waals surface area contributed by atoms with Crippen molar-refractivity contribution in [3.8, 4) is 0 Å². The molecule has 0 radical (unpaired) electrons. The average Bonchev–Trinajstić information content (AvgIpc) is 2.41. The summed E-state index contributed by atoms with van der Waals surface area (Å²) in [7, 11) is 0. The Morgan fingerprint density at radius 3 is 2.58 bits per heavy atom. The van der Waals surface area contributed by atoms with Gasteiger partial charge in [0.25, 0.3) is 0 Å². The Bertz CT molecular complexity index is 523. The van der Waals surface area contributed by atoms with Crippen LogP contribution < -0.4 is 5.32 Å². The average molecular weight is 319 g/mol. The number of nitrogens with one attached hydrogen (secondary N) is 1. The van der Waals surface area contributed by atoms with Gasteiger partial charge in [0.05, 0.1) is 0 Å². The summed E-state index contributed by atoms with van der Waals surface area (Å²) in [5.74, 6) is 0. The minimum atomic E-state index is 0.318. The highest BCUT2D eigenvalue weighted by molar-refractivity contribution is 9.10. The molecule has 0 saturated heterocycles. The summed E-state index contributed by atoms with van der Waals surface area (Å²) in [4.78, 5) is 4.30. The molecule has 100 valence electrons. The summed E-state index contributed by atoms with van der Waals surface area (Å²) >= 11 is 3.47. The summed E-state index contributed by atoms with van der Waals surface area (Å²) in [6.45, 7) is 5.17. The molecule has 3 heteroatoms. The van der Waals surface area contributed by atoms with E-state index >= 15 is 0 Å². The van der Waals surface area contributed by atoms with E-state index < -0.39 is 0 Å². The second-order valence-corrected chi connectivity index (χ2v) is 5.65. The first-order valence-electron chi connectivity index (χ1n) is 6.58. The molecule has 0 amide bonds. The molecule has 1 N–H and O–H groups in total. The van der Waals surface area contributed by atoms with Crippen LogP contribution in [-0.4, -0.2) is 11.5 Å². The van der Waals surface area contributed by atoms with Gasteiger partial charge in [-0.05, 0) is 48.7 Å². The first-order valence-corrected chi connectivity index (χ1v) is 7.37. The molecule has 0 aliphatic rings. The van der Waals surface area contributed by atoms with E-state index in [1.54, 1.807) is 0 Å². The number of pyridine rings is 1. The summed E-state index contributed by atoms with van der Waals surface area (Å²) in [6, 6.07) is 11.0. The van der Waals surface area contributed by atoms with Crippen molar-refractivity contribution in [1.82, 2.24) is 10.3 Å². The number of nitrogens with zero attached hydrogens (tertiary/aromatic N) is 1. The Labute approximate surface area is 123 Å². The lowest BCUT2D eigenvalue weighted by atomic mass is 9.99. The molecule has 2 rings (SSSR count). The smallest absolute Gasteiger partial charge is 0.0376 e. The third-order valence-electron chi connectivity index (χ3n) is 3.10. The van der Waals surface area contributed by atoms with Gasteiger partial charge in [-0.2, -0.15) is 0 Å². The number of hydrogen-bond donors (Lipinski definition) is 1. The van der Waals surface area contributed by atoms with E-state index in [9.17, 15) is 0 Å². The zero-order chi connectivity index (χ0) is 13.7. The molecule has 0 fully saturated rings. The van der Waals surface area contributed by atoms with Gasteiger partial charge in [-0.25, -0.2) is 0 Å². The second kappa shape index (κ2) is 6.83. The van der Waals surface area contributed by atoms with E-state index in [2.05, 4.69) is 70.4 Å². The molecule has 0 bridgehead atoms. The van der Waals surface area contributed by atoms with E-state index in [-0.39, 0.29) is 0 Å². The van der Waals surface area contributed by atoms with E-state index in [4.69, 9.17) is 0 Å². The maximum absolute atomic E-state index is 4.30. The van der Waals surface area contributed by atoms with Gasteiger partial charge in [-0.15, -0.1) is 0 Å². The first kappa shape index (κ1) is 14.2. The van der Waals surface area contributed by atoms with E-state index in [0.29, 0.717) is 6.04 Å². The van der Waals surface area contributed by atoms with Crippen LogP contribution in [-0.2, 0) is 6.42 Å². The number of benzene rings is 1. The van der Waals surface area contributed by atoms with Gasteiger partial charge in [0.1, 0.15) is 0 Å². The number of aryl methyl sites for hydroxylation is 1. The zero-order valence-corrected chi connectivity index (χ0v) is 12.9. The van der Waals surface area contributed by atoms with Crippen molar-refractivity contribution in [3.05, 3.63) is 63.9 Å². The largest absolute Gasteiger partial charge is 0.310 e. The van der Waals surface area contributed by atoms with Crippen molar-refractivity contribution in [3.63, 3.8) is 0 Å². The van der Waals surface area contributed by atoms with Gasteiger partial charge in [0.2, 0.25) is 0 Å². The maximum atomic E-state index is 4.30. The van der Waals surface area contributed by atoms with Crippen molar-refractivity contribution in [2.75, 3.05) is 6.54 Å². The Kier molecular flexibility index (Phi) is 5.11. The van der Waals surface area contributed by atoms with Crippen molar-refractivity contribution >= 4 is 15.9 Å². The Morgan fingerprint density at radius 1 is 1.21 bits per heavy atom. The van der Waals surface area contributed by atoms with Gasteiger partial charge in [-0.1, -0.05) is 41.1 Å². The summed E-state index contributed by atoms with van der Waals surface area (Å²) in [5, 5.41) is 3.54. The molecular formula is C16H19BrN2. The van der Waals surface area contributed by atoms with Gasteiger partial charge < -0.3 is 5.32 Å². The third-order valence-corrected chi connectivity index (χ3v) is 3.63. The standard InChI is InChI=1S/C16H19BrN2/c1-3-19-16(14-8-12(2)10-18-11-14)9-13-4-6-15(17)7-5-13/h4-8,10-11,16,19H,3,9H2,1-2H3. The quantitative estimate of drug-likeness (QED) is 0.899. The highest BCUT2D eigenvalue weighted by atomic mass is 79.9. The Morgan fingerprint density at radius 2 is 1.95 bits per heavy atom. The summed E-state index contributed by atoms with van der Waals surface area (Å²) < 4.78 is 1.12. The van der Waals surface area contributed by atoms with Crippen LogP contribution >= 0.6 is 15.9 Å². The minimum absolute atomic E-state index is 0.318. The molecule has 1 aromatic heterocycles. The van der Waals surface area contributed by atoms with Gasteiger partial charge >= 0.3 is 0 Å². The molecule has 0 saturated carbocycles. The van der Waals surface area contributed by atoms with Crippen LogP contribution in [0, 0.1) is 6.92 Å². The molecular weight excluding hydrogens is 300 g/mol. The molecule has 1 atom stereocenters. The van der Waals surface area contributed by atoms with E-state index in [1.165, 1.54) is 16.7 Å². The van der Waals surface area contributed by atoms with Crippen LogP contribution in [0.3, 0.4) is 0 Å². The predicted molar refractivity (Wildman–Crippen MR) is 83.2 cm³/mol. The molecule has 2 nitrogen and oxygen atoms in total. The zero-order valence-electron chi connectivity index (χ0n) is 11.4. The topological polar surface area (TPSA) is 24.9 Å². The Balaban J connectivity index is 2.18. The Hall–Kier alpha value is -1.19. The van der Waals surface area contributed by atoms with E-state index in [0.717, 1.165) is 17.4 Å². The van der Waals surface area contributed by atoms with Crippen molar-refractivity contribution < 1.29 is 0 Å². The maximum Gasteiger partial charge on any atom is 0.0376 e. The van der Waals surface area contributed by atoms with Crippen LogP contribution in [0.4, 0.5) is 0 Å². The summed E-state index contributed by atoms with van der Waals surface area (Å²) in [6.07, 6.45) is 4.83. The first-order chi connectivity index (χ1) is 9.19. The van der Waals surface area contributed by atoms with E-state index in [1.807, 2.05) is 12.4 Å². The lowest BCUT2D eigenvalue weighted by Gasteiger charge is -2.18. The second-order valence-electron chi connectivity index (χ2n) is 4.74. The highest BCUT2D eigenvalue weighted by Gasteiger charge is 2.11. The molecule has 1 unspecified atom stereocenters. The van der Waals surface area contributed by atoms with Crippen LogP contribution in [0.15, 0.2) is 47.2 Å². The predicted octanol–water partition coefficient (Wildman–Crippen LogP) is 4.05. The van der Waals surface area contributed by atoms with Crippen LogP contribution in [0.1, 0.15) is 29.7 Å². The number of rotatable bonds is 5. The van der Waals surface area contributed by atoms with Crippen molar-refractivity contribution in [2.45, 2.75) is 26.3 Å². The minimum Gasteiger partial charge on any atom is -0.310 e. The van der Waals surface area contributed by atoms with Crippen LogP contribution in [0.25, 0.3) is 0 Å². The van der Waals surface area contributed by atoms with Gasteiger partial charge in [0.15, 0.2) is 0 Å². The molecule has 1 aromatic carbocycles. The normalized spacial score (nSPS) is 12.4. The lowest BCUT2D eigenvalue weighted by molar-refractivity contribution is 0.548. The molecule has 0 aliphatic heterocycles. The molecule has 2 aromatic rings. The monoisotopic (exact) mass is 318 g/mol. The SMILES string of the molecule is CCNC(Cc1ccc(Br)cc1)c1cncc(C)c1. The fourth-order valence-corrected chi connectivity index (χ4v) is 2.44. The van der Waals surface area contributed by atoms with Crippen LogP contribution in [0.2, 0.25) is 0 Å². The lowest BCUT2D eigenvalue weighted by Crippen LogP contribution is -2.23. The molecule has 0 spiro atoms. The van der Waals surface area contributed by atoms with Gasteiger partial charge in [0, 0.05) is 22.9 Å². The fourth-order valence-electron chi connectivity index (χ4n) is 2.18. The number of halogens is 1. The summed E-state index contributed by atoms with van der Waals surface area (Å²) in [5.41, 5.74) is 3.79. The molecule has 1 heterocycles.